The molecule has 0 aliphatic carbocycles. The van der Waals surface area contributed by atoms with Crippen molar-refractivity contribution in [1.29, 1.82) is 0 Å². The Bertz CT molecular complexity index is 560. The van der Waals surface area contributed by atoms with Crippen LogP contribution in [0.4, 0.5) is 0 Å². The van der Waals surface area contributed by atoms with Crippen LogP contribution in [-0.4, -0.2) is 9.78 Å². The van der Waals surface area contributed by atoms with Crippen molar-refractivity contribution in [3.8, 4) is 0 Å². The summed E-state index contributed by atoms with van der Waals surface area (Å²) in [7, 11) is 1.92. The predicted molar refractivity (Wildman–Crippen MR) is 74.8 cm³/mol. The summed E-state index contributed by atoms with van der Waals surface area (Å²) < 4.78 is 1.84. The van der Waals surface area contributed by atoms with Gasteiger partial charge in [-0.05, 0) is 43.5 Å². The van der Waals surface area contributed by atoms with Gasteiger partial charge in [0.1, 0.15) is 0 Å². The molecule has 0 saturated carbocycles. The van der Waals surface area contributed by atoms with Gasteiger partial charge in [-0.3, -0.25) is 4.68 Å². The maximum Gasteiger partial charge on any atom is 0.0597 e. The standard InChI is InChI=1S/C14H18ClN3/c1-9-4-5-11(12(15)6-9)8-13(16)14-7-10(2)17-18(14)3/h4-7,13H,8,16H2,1-3H3. The third kappa shape index (κ3) is 2.74. The summed E-state index contributed by atoms with van der Waals surface area (Å²) in [4.78, 5) is 0. The van der Waals surface area contributed by atoms with Gasteiger partial charge in [-0.2, -0.15) is 5.10 Å². The highest BCUT2D eigenvalue weighted by molar-refractivity contribution is 6.31. The molecule has 0 radical (unpaired) electrons. The molecule has 3 nitrogen and oxygen atoms in total. The topological polar surface area (TPSA) is 43.8 Å². The summed E-state index contributed by atoms with van der Waals surface area (Å²) in [6, 6.07) is 8.00. The molecule has 0 aliphatic rings. The van der Waals surface area contributed by atoms with E-state index < -0.39 is 0 Å². The molecule has 1 unspecified atom stereocenters. The fourth-order valence-electron chi connectivity index (χ4n) is 2.14. The van der Waals surface area contributed by atoms with E-state index in [0.717, 1.165) is 34.0 Å². The van der Waals surface area contributed by atoms with Crippen molar-refractivity contribution in [1.82, 2.24) is 9.78 Å². The van der Waals surface area contributed by atoms with E-state index >= 15 is 0 Å². The number of aryl methyl sites for hydroxylation is 3. The fraction of sp³-hybridized carbons (Fsp3) is 0.357. The fourth-order valence-corrected chi connectivity index (χ4v) is 2.45. The van der Waals surface area contributed by atoms with E-state index in [2.05, 4.69) is 11.2 Å². The third-order valence-corrected chi connectivity index (χ3v) is 3.42. The van der Waals surface area contributed by atoms with Crippen LogP contribution in [0, 0.1) is 13.8 Å². The molecule has 0 amide bonds. The summed E-state index contributed by atoms with van der Waals surface area (Å²) in [6.45, 7) is 4.00. The summed E-state index contributed by atoms with van der Waals surface area (Å²) in [5.74, 6) is 0. The van der Waals surface area contributed by atoms with E-state index in [9.17, 15) is 0 Å². The van der Waals surface area contributed by atoms with Crippen molar-refractivity contribution in [2.24, 2.45) is 12.8 Å². The number of nitrogens with zero attached hydrogens (tertiary/aromatic N) is 2. The molecule has 2 rings (SSSR count). The van der Waals surface area contributed by atoms with Crippen LogP contribution in [0.5, 0.6) is 0 Å². The Labute approximate surface area is 113 Å². The summed E-state index contributed by atoms with van der Waals surface area (Å²) in [6.07, 6.45) is 0.720. The SMILES string of the molecule is Cc1ccc(CC(N)c2cc(C)nn2C)c(Cl)c1. The van der Waals surface area contributed by atoms with E-state index in [0.29, 0.717) is 0 Å². The van der Waals surface area contributed by atoms with Gasteiger partial charge in [-0.15, -0.1) is 0 Å². The second-order valence-corrected chi connectivity index (χ2v) is 5.15. The highest BCUT2D eigenvalue weighted by atomic mass is 35.5. The number of benzene rings is 1. The molecule has 1 aromatic heterocycles. The number of nitrogens with two attached hydrogens (primary N) is 1. The largest absolute Gasteiger partial charge is 0.322 e. The minimum Gasteiger partial charge on any atom is -0.322 e. The summed E-state index contributed by atoms with van der Waals surface area (Å²) in [5.41, 5.74) is 10.5. The van der Waals surface area contributed by atoms with E-state index in [1.165, 1.54) is 0 Å². The van der Waals surface area contributed by atoms with Crippen LogP contribution < -0.4 is 5.73 Å². The number of halogens is 1. The molecule has 1 aromatic carbocycles. The lowest BCUT2D eigenvalue weighted by atomic mass is 10.0. The highest BCUT2D eigenvalue weighted by Crippen LogP contribution is 2.23. The summed E-state index contributed by atoms with van der Waals surface area (Å²) in [5, 5.41) is 5.10. The predicted octanol–water partition coefficient (Wildman–Crippen LogP) is 2.93. The zero-order valence-electron chi connectivity index (χ0n) is 10.9. The second-order valence-electron chi connectivity index (χ2n) is 4.74. The molecule has 1 atom stereocenters. The minimum atomic E-state index is -0.0867. The molecule has 0 fully saturated rings. The Morgan fingerprint density at radius 3 is 2.61 bits per heavy atom. The van der Waals surface area contributed by atoms with Gasteiger partial charge in [-0.25, -0.2) is 0 Å². The van der Waals surface area contributed by atoms with Gasteiger partial charge in [-0.1, -0.05) is 23.7 Å². The molecule has 0 aliphatic heterocycles. The molecule has 18 heavy (non-hydrogen) atoms. The number of rotatable bonds is 3. The van der Waals surface area contributed by atoms with Crippen LogP contribution >= 0.6 is 11.6 Å². The first-order chi connectivity index (χ1) is 8.47. The van der Waals surface area contributed by atoms with E-state index in [1.54, 1.807) is 0 Å². The van der Waals surface area contributed by atoms with Crippen LogP contribution in [0.1, 0.15) is 28.6 Å². The van der Waals surface area contributed by atoms with Gasteiger partial charge < -0.3 is 5.73 Å². The molecular formula is C14H18ClN3. The third-order valence-electron chi connectivity index (χ3n) is 3.07. The van der Waals surface area contributed by atoms with Gasteiger partial charge in [0.2, 0.25) is 0 Å². The first kappa shape index (κ1) is 13.1. The normalized spacial score (nSPS) is 12.7. The molecule has 0 bridgehead atoms. The zero-order valence-corrected chi connectivity index (χ0v) is 11.7. The quantitative estimate of drug-likeness (QED) is 0.925. The van der Waals surface area contributed by atoms with Crippen LogP contribution in [0.25, 0.3) is 0 Å². The molecule has 2 aromatic rings. The van der Waals surface area contributed by atoms with E-state index in [-0.39, 0.29) is 6.04 Å². The van der Waals surface area contributed by atoms with Crippen LogP contribution in [0.15, 0.2) is 24.3 Å². The molecule has 96 valence electrons. The maximum absolute atomic E-state index is 6.23. The van der Waals surface area contributed by atoms with Crippen molar-refractivity contribution in [3.63, 3.8) is 0 Å². The minimum absolute atomic E-state index is 0.0867. The molecule has 4 heteroatoms. The van der Waals surface area contributed by atoms with E-state index in [4.69, 9.17) is 17.3 Å². The van der Waals surface area contributed by atoms with Crippen molar-refractivity contribution in [2.75, 3.05) is 0 Å². The smallest absolute Gasteiger partial charge is 0.0597 e. The van der Waals surface area contributed by atoms with Crippen molar-refractivity contribution in [2.45, 2.75) is 26.3 Å². The molecule has 0 saturated heterocycles. The monoisotopic (exact) mass is 263 g/mol. The number of hydrogen-bond donors (Lipinski definition) is 1. The zero-order chi connectivity index (χ0) is 13.3. The Morgan fingerprint density at radius 2 is 2.06 bits per heavy atom. The first-order valence-corrected chi connectivity index (χ1v) is 6.36. The average molecular weight is 264 g/mol. The summed E-state index contributed by atoms with van der Waals surface area (Å²) >= 11 is 6.23. The first-order valence-electron chi connectivity index (χ1n) is 5.98. The maximum atomic E-state index is 6.23. The molecule has 2 N–H and O–H groups in total. The van der Waals surface area contributed by atoms with Gasteiger partial charge >= 0.3 is 0 Å². The lowest BCUT2D eigenvalue weighted by molar-refractivity contribution is 0.615. The Balaban J connectivity index is 2.21. The Morgan fingerprint density at radius 1 is 1.33 bits per heavy atom. The molecule has 1 heterocycles. The second kappa shape index (κ2) is 5.12. The Hall–Kier alpha value is -1.32. The van der Waals surface area contributed by atoms with Crippen molar-refractivity contribution < 1.29 is 0 Å². The van der Waals surface area contributed by atoms with E-state index in [1.807, 2.05) is 43.8 Å². The van der Waals surface area contributed by atoms with Crippen LogP contribution in [-0.2, 0) is 13.5 Å². The van der Waals surface area contributed by atoms with Crippen LogP contribution in [0.3, 0.4) is 0 Å². The lowest BCUT2D eigenvalue weighted by Crippen LogP contribution is -2.17. The van der Waals surface area contributed by atoms with Crippen LogP contribution in [0.2, 0.25) is 5.02 Å². The number of aromatic nitrogens is 2. The average Bonchev–Trinajstić information content (AvgIpc) is 2.62. The molecule has 0 spiro atoms. The highest BCUT2D eigenvalue weighted by Gasteiger charge is 2.13. The number of hydrogen-bond acceptors (Lipinski definition) is 2. The molecular weight excluding hydrogens is 246 g/mol. The van der Waals surface area contributed by atoms with Gasteiger partial charge in [0.15, 0.2) is 0 Å². The van der Waals surface area contributed by atoms with Gasteiger partial charge in [0.25, 0.3) is 0 Å². The van der Waals surface area contributed by atoms with Crippen molar-refractivity contribution in [3.05, 3.63) is 51.8 Å². The van der Waals surface area contributed by atoms with Gasteiger partial charge in [0.05, 0.1) is 17.4 Å². The Kier molecular flexibility index (Phi) is 3.73. The van der Waals surface area contributed by atoms with Gasteiger partial charge in [0, 0.05) is 12.1 Å². The lowest BCUT2D eigenvalue weighted by Gasteiger charge is -2.13. The van der Waals surface area contributed by atoms with Crippen molar-refractivity contribution >= 4 is 11.6 Å².